The second-order valence-electron chi connectivity index (χ2n) is 4.41. The molecule has 1 aromatic heterocycles. The molecule has 0 aromatic carbocycles. The van der Waals surface area contributed by atoms with Gasteiger partial charge >= 0.3 is 0 Å². The quantitative estimate of drug-likeness (QED) is 0.747. The zero-order chi connectivity index (χ0) is 13.7. The first-order valence-corrected chi connectivity index (χ1v) is 5.82. The van der Waals surface area contributed by atoms with E-state index in [9.17, 15) is 4.39 Å². The minimum Gasteiger partial charge on any atom is -0.303 e. The van der Waals surface area contributed by atoms with Crippen LogP contribution in [0.2, 0.25) is 0 Å². The van der Waals surface area contributed by atoms with Crippen LogP contribution in [0.25, 0.3) is 5.70 Å². The monoisotopic (exact) mass is 249 g/mol. The van der Waals surface area contributed by atoms with Crippen molar-refractivity contribution in [2.24, 2.45) is 0 Å². The molecule has 3 nitrogen and oxygen atoms in total. The fraction of sp³-hybridized carbons (Fsp3) is 0.357. The number of halogens is 1. The van der Waals surface area contributed by atoms with Gasteiger partial charge in [0, 0.05) is 18.1 Å². The Morgan fingerprint density at radius 1 is 1.56 bits per heavy atom. The van der Waals surface area contributed by atoms with E-state index in [0.717, 1.165) is 5.82 Å². The number of imidazole rings is 1. The summed E-state index contributed by atoms with van der Waals surface area (Å²) in [6.45, 7) is 8.10. The van der Waals surface area contributed by atoms with Crippen LogP contribution in [0.5, 0.6) is 0 Å². The molecule has 0 saturated carbocycles. The Morgan fingerprint density at radius 3 is 2.78 bits per heavy atom. The maximum absolute atomic E-state index is 13.7. The summed E-state index contributed by atoms with van der Waals surface area (Å²) in [4.78, 5) is 6.25. The van der Waals surface area contributed by atoms with Crippen molar-refractivity contribution in [1.82, 2.24) is 14.5 Å². The first kappa shape index (κ1) is 14.4. The minimum atomic E-state index is -0.271. The van der Waals surface area contributed by atoms with Crippen molar-refractivity contribution >= 4 is 5.70 Å². The van der Waals surface area contributed by atoms with Gasteiger partial charge in [0.1, 0.15) is 11.7 Å². The number of hydrogen-bond acceptors (Lipinski definition) is 2. The van der Waals surface area contributed by atoms with E-state index in [4.69, 9.17) is 0 Å². The van der Waals surface area contributed by atoms with Gasteiger partial charge in [-0.25, -0.2) is 9.37 Å². The fourth-order valence-electron chi connectivity index (χ4n) is 1.46. The van der Waals surface area contributed by atoms with Crippen molar-refractivity contribution in [3.63, 3.8) is 0 Å². The lowest BCUT2D eigenvalue weighted by atomic mass is 10.2. The van der Waals surface area contributed by atoms with E-state index in [1.807, 2.05) is 19.0 Å². The maximum Gasteiger partial charge on any atom is 0.127 e. The normalized spacial score (nSPS) is 13.2. The predicted molar refractivity (Wildman–Crippen MR) is 73.6 cm³/mol. The van der Waals surface area contributed by atoms with Gasteiger partial charge in [-0.3, -0.25) is 0 Å². The van der Waals surface area contributed by atoms with E-state index in [1.165, 1.54) is 6.08 Å². The third-order valence-corrected chi connectivity index (χ3v) is 2.59. The summed E-state index contributed by atoms with van der Waals surface area (Å²) in [6.07, 6.45) is 6.64. The van der Waals surface area contributed by atoms with Gasteiger partial charge in [-0.05, 0) is 39.6 Å². The van der Waals surface area contributed by atoms with Crippen LogP contribution in [0.4, 0.5) is 4.39 Å². The van der Waals surface area contributed by atoms with E-state index >= 15 is 0 Å². The molecule has 0 bridgehead atoms. The predicted octanol–water partition coefficient (Wildman–Crippen LogP) is 3.24. The Hall–Kier alpha value is -1.68. The van der Waals surface area contributed by atoms with Crippen LogP contribution in [0, 0.1) is 0 Å². The van der Waals surface area contributed by atoms with E-state index in [0.29, 0.717) is 17.8 Å². The smallest absolute Gasteiger partial charge is 0.127 e. The summed E-state index contributed by atoms with van der Waals surface area (Å²) in [6, 6.07) is 0. The van der Waals surface area contributed by atoms with E-state index in [2.05, 4.69) is 11.6 Å². The first-order chi connectivity index (χ1) is 8.45. The molecule has 0 unspecified atom stereocenters. The summed E-state index contributed by atoms with van der Waals surface area (Å²) >= 11 is 0. The molecular weight excluding hydrogens is 229 g/mol. The Morgan fingerprint density at radius 2 is 2.22 bits per heavy atom. The highest BCUT2D eigenvalue weighted by atomic mass is 19.1. The molecule has 0 amide bonds. The molecule has 18 heavy (non-hydrogen) atoms. The van der Waals surface area contributed by atoms with Gasteiger partial charge in [0.05, 0.1) is 6.54 Å². The van der Waals surface area contributed by atoms with Crippen LogP contribution in [0.15, 0.2) is 42.5 Å². The van der Waals surface area contributed by atoms with Crippen LogP contribution in [0.1, 0.15) is 19.7 Å². The van der Waals surface area contributed by atoms with Crippen LogP contribution < -0.4 is 0 Å². The van der Waals surface area contributed by atoms with Crippen LogP contribution >= 0.6 is 0 Å². The average Bonchev–Trinajstić information content (AvgIpc) is 2.74. The highest BCUT2D eigenvalue weighted by Crippen LogP contribution is 2.16. The number of rotatable bonds is 5. The molecule has 98 valence electrons. The van der Waals surface area contributed by atoms with Crippen LogP contribution in [0.3, 0.4) is 0 Å². The Kier molecular flexibility index (Phi) is 5.04. The Labute approximate surface area is 108 Å². The SMILES string of the molecule is C=C(/C=C(F)\C(C)=C/C)n1ccnc1CN(C)C. The van der Waals surface area contributed by atoms with Gasteiger partial charge in [-0.1, -0.05) is 12.7 Å². The van der Waals surface area contributed by atoms with Crippen molar-refractivity contribution in [3.05, 3.63) is 48.3 Å². The van der Waals surface area contributed by atoms with Gasteiger partial charge in [-0.2, -0.15) is 0 Å². The average molecular weight is 249 g/mol. The van der Waals surface area contributed by atoms with Crippen molar-refractivity contribution in [2.45, 2.75) is 20.4 Å². The highest BCUT2D eigenvalue weighted by molar-refractivity contribution is 5.57. The summed E-state index contributed by atoms with van der Waals surface area (Å²) < 4.78 is 15.5. The van der Waals surface area contributed by atoms with E-state index in [-0.39, 0.29) is 5.83 Å². The largest absolute Gasteiger partial charge is 0.303 e. The van der Waals surface area contributed by atoms with Crippen LogP contribution in [-0.2, 0) is 6.54 Å². The molecule has 1 rings (SSSR count). The van der Waals surface area contributed by atoms with Gasteiger partial charge in [0.2, 0.25) is 0 Å². The molecule has 0 fully saturated rings. The number of hydrogen-bond donors (Lipinski definition) is 0. The third kappa shape index (κ3) is 3.67. The lowest BCUT2D eigenvalue weighted by molar-refractivity contribution is 0.388. The third-order valence-electron chi connectivity index (χ3n) is 2.59. The molecular formula is C14H20FN3. The molecule has 0 saturated heterocycles. The van der Waals surface area contributed by atoms with Crippen molar-refractivity contribution in [2.75, 3.05) is 14.1 Å². The zero-order valence-electron chi connectivity index (χ0n) is 11.4. The Balaban J connectivity index is 2.95. The number of nitrogens with zero attached hydrogens (tertiary/aromatic N) is 3. The number of allylic oxidation sites excluding steroid dienone is 5. The van der Waals surface area contributed by atoms with Crippen LogP contribution in [-0.4, -0.2) is 28.5 Å². The molecule has 1 aromatic rings. The van der Waals surface area contributed by atoms with Gasteiger partial charge in [-0.15, -0.1) is 0 Å². The van der Waals surface area contributed by atoms with Gasteiger partial charge in [0.15, 0.2) is 0 Å². The molecule has 0 radical (unpaired) electrons. The lowest BCUT2D eigenvalue weighted by Crippen LogP contribution is -2.14. The van der Waals surface area contributed by atoms with Crippen molar-refractivity contribution in [3.8, 4) is 0 Å². The molecule has 1 heterocycles. The molecule has 0 atom stereocenters. The lowest BCUT2D eigenvalue weighted by Gasteiger charge is -2.12. The summed E-state index contributed by atoms with van der Waals surface area (Å²) in [7, 11) is 3.92. The molecule has 0 spiro atoms. The summed E-state index contributed by atoms with van der Waals surface area (Å²) in [5.74, 6) is 0.569. The highest BCUT2D eigenvalue weighted by Gasteiger charge is 2.07. The molecule has 0 aliphatic rings. The molecule has 0 N–H and O–H groups in total. The Bertz CT molecular complexity index is 481. The van der Waals surface area contributed by atoms with Crippen molar-refractivity contribution < 1.29 is 4.39 Å². The zero-order valence-corrected chi connectivity index (χ0v) is 11.4. The maximum atomic E-state index is 13.7. The van der Waals surface area contributed by atoms with Gasteiger partial charge < -0.3 is 9.47 Å². The minimum absolute atomic E-state index is 0.271. The molecule has 0 aliphatic heterocycles. The molecule has 0 aliphatic carbocycles. The first-order valence-electron chi connectivity index (χ1n) is 5.82. The molecule has 4 heteroatoms. The van der Waals surface area contributed by atoms with E-state index < -0.39 is 0 Å². The topological polar surface area (TPSA) is 21.1 Å². The standard InChI is InChI=1S/C14H20FN3/c1-6-11(2)13(15)9-12(3)18-8-7-16-14(18)10-17(4)5/h6-9H,3,10H2,1-2,4-5H3/b11-6-,13-9+. The summed E-state index contributed by atoms with van der Waals surface area (Å²) in [5, 5.41) is 0. The number of aromatic nitrogens is 2. The van der Waals surface area contributed by atoms with Gasteiger partial charge in [0.25, 0.3) is 0 Å². The fourth-order valence-corrected chi connectivity index (χ4v) is 1.46. The summed E-state index contributed by atoms with van der Waals surface area (Å²) in [5.41, 5.74) is 1.17. The second kappa shape index (κ2) is 6.31. The second-order valence-corrected chi connectivity index (χ2v) is 4.41. The van der Waals surface area contributed by atoms with Crippen molar-refractivity contribution in [1.29, 1.82) is 0 Å². The van der Waals surface area contributed by atoms with E-state index in [1.54, 1.807) is 36.9 Å².